The summed E-state index contributed by atoms with van der Waals surface area (Å²) in [6.45, 7) is 6.66. The molecule has 0 aromatic rings. The Kier molecular flexibility index (Phi) is 69.1. The van der Waals surface area contributed by atoms with Crippen molar-refractivity contribution in [1.29, 1.82) is 0 Å². The highest BCUT2D eigenvalue weighted by atomic mass is 16.6. The first-order chi connectivity index (χ1) is 40.5. The molecule has 1 atom stereocenters. The molecular weight excluding hydrogens is 1010 g/mol. The van der Waals surface area contributed by atoms with Crippen LogP contribution < -0.4 is 0 Å². The van der Waals surface area contributed by atoms with Crippen molar-refractivity contribution < 1.29 is 28.6 Å². The Hall–Kier alpha value is -2.37. The van der Waals surface area contributed by atoms with Gasteiger partial charge < -0.3 is 14.2 Å². The molecule has 6 nitrogen and oxygen atoms in total. The third kappa shape index (κ3) is 68.4. The van der Waals surface area contributed by atoms with Gasteiger partial charge in [0.25, 0.3) is 0 Å². The fraction of sp³-hybridized carbons (Fsp3) is 0.882. The third-order valence-electron chi connectivity index (χ3n) is 16.9. The van der Waals surface area contributed by atoms with E-state index in [0.29, 0.717) is 19.3 Å². The number of rotatable bonds is 69. The Morgan fingerprint density at radius 2 is 0.451 bits per heavy atom. The molecule has 0 aromatic heterocycles. The van der Waals surface area contributed by atoms with Gasteiger partial charge in [-0.25, -0.2) is 0 Å². The lowest BCUT2D eigenvalue weighted by molar-refractivity contribution is -0.167. The monoisotopic (exact) mass is 1150 g/mol. The average Bonchev–Trinajstić information content (AvgIpc) is 3.48. The van der Waals surface area contributed by atoms with E-state index in [4.69, 9.17) is 14.2 Å². The third-order valence-corrected chi connectivity index (χ3v) is 16.9. The predicted octanol–water partition coefficient (Wildman–Crippen LogP) is 25.5. The molecule has 0 saturated heterocycles. The number of ether oxygens (including phenoxy) is 3. The summed E-state index contributed by atoms with van der Waals surface area (Å²) in [4.78, 5) is 38.4. The minimum atomic E-state index is -0.775. The van der Waals surface area contributed by atoms with Crippen molar-refractivity contribution in [2.24, 2.45) is 0 Å². The highest BCUT2D eigenvalue weighted by Gasteiger charge is 2.19. The molecule has 82 heavy (non-hydrogen) atoms. The maximum absolute atomic E-state index is 12.9. The van der Waals surface area contributed by atoms with Crippen LogP contribution in [0.1, 0.15) is 412 Å². The Bertz CT molecular complexity index is 1370. The smallest absolute Gasteiger partial charge is 0.306 e. The standard InChI is InChI=1S/C76H142O6/c1-4-7-10-13-16-19-22-25-28-30-31-32-33-34-35-36-37-38-39-40-41-42-43-44-45-47-48-51-54-57-60-63-66-69-75(78)81-72-73(71-80-74(77)68-65-62-59-56-53-50-27-24-21-18-15-12-9-6-3)82-76(79)70-67-64-61-58-55-52-49-46-29-26-23-20-17-14-11-8-5-2/h15,18,24,27,30-31,73H,4-14,16-17,19-23,25-26,28-29,32-72H2,1-3H3/b18-15-,27-24-,31-30-. The van der Waals surface area contributed by atoms with Crippen LogP contribution in [-0.2, 0) is 28.6 Å². The molecule has 0 aromatic carbocycles. The van der Waals surface area contributed by atoms with E-state index >= 15 is 0 Å². The van der Waals surface area contributed by atoms with Crippen LogP contribution in [-0.4, -0.2) is 37.2 Å². The number of carbonyl (C=O) groups is 3. The van der Waals surface area contributed by atoms with Crippen LogP contribution in [0.4, 0.5) is 0 Å². The van der Waals surface area contributed by atoms with Gasteiger partial charge in [-0.3, -0.25) is 14.4 Å². The Morgan fingerprint density at radius 3 is 0.720 bits per heavy atom. The van der Waals surface area contributed by atoms with Crippen LogP contribution in [0.3, 0.4) is 0 Å². The molecule has 0 rings (SSSR count). The highest BCUT2D eigenvalue weighted by Crippen LogP contribution is 2.19. The number of esters is 3. The number of hydrogen-bond acceptors (Lipinski definition) is 6. The first-order valence-corrected chi connectivity index (χ1v) is 37.0. The topological polar surface area (TPSA) is 78.9 Å². The number of allylic oxidation sites excluding steroid dienone is 6. The molecule has 482 valence electrons. The molecular formula is C76H142O6. The van der Waals surface area contributed by atoms with E-state index in [1.54, 1.807) is 0 Å². The summed E-state index contributed by atoms with van der Waals surface area (Å²) in [6.07, 6.45) is 89.1. The van der Waals surface area contributed by atoms with Gasteiger partial charge in [0, 0.05) is 19.3 Å². The van der Waals surface area contributed by atoms with Crippen molar-refractivity contribution in [3.63, 3.8) is 0 Å². The van der Waals surface area contributed by atoms with Crippen LogP contribution in [0.2, 0.25) is 0 Å². The molecule has 0 aliphatic carbocycles. The van der Waals surface area contributed by atoms with E-state index in [-0.39, 0.29) is 31.1 Å². The van der Waals surface area contributed by atoms with Gasteiger partial charge in [0.2, 0.25) is 0 Å². The number of unbranched alkanes of at least 4 members (excludes halogenated alkanes) is 52. The SMILES string of the molecule is CCCC/C=C\C/C=C\CCCCCCCC(=O)OCC(COC(=O)CCCCCCCCCCCCCCCCCCCCCCC/C=C\CCCCCCCCCC)OC(=O)CCCCCCCCCCCCCCCCCCC. The number of carbonyl (C=O) groups excluding carboxylic acids is 3. The maximum atomic E-state index is 12.9. The van der Waals surface area contributed by atoms with Crippen molar-refractivity contribution in [2.45, 2.75) is 419 Å². The fourth-order valence-corrected chi connectivity index (χ4v) is 11.3. The van der Waals surface area contributed by atoms with E-state index in [2.05, 4.69) is 57.2 Å². The van der Waals surface area contributed by atoms with Crippen molar-refractivity contribution in [1.82, 2.24) is 0 Å². The average molecular weight is 1150 g/mol. The molecule has 0 amide bonds. The van der Waals surface area contributed by atoms with Gasteiger partial charge in [-0.15, -0.1) is 0 Å². The Balaban J connectivity index is 4.11. The molecule has 0 radical (unpaired) electrons. The van der Waals surface area contributed by atoms with Gasteiger partial charge in [-0.2, -0.15) is 0 Å². The first kappa shape index (κ1) is 79.6. The number of hydrogen-bond donors (Lipinski definition) is 0. The molecule has 0 heterocycles. The van der Waals surface area contributed by atoms with Crippen LogP contribution in [0.15, 0.2) is 36.5 Å². The van der Waals surface area contributed by atoms with Gasteiger partial charge in [0.15, 0.2) is 6.10 Å². The van der Waals surface area contributed by atoms with Crippen LogP contribution in [0.25, 0.3) is 0 Å². The molecule has 1 unspecified atom stereocenters. The van der Waals surface area contributed by atoms with Gasteiger partial charge in [-0.05, 0) is 70.6 Å². The summed E-state index contributed by atoms with van der Waals surface area (Å²) in [5, 5.41) is 0. The molecule has 0 saturated carbocycles. The van der Waals surface area contributed by atoms with E-state index < -0.39 is 6.10 Å². The zero-order valence-electron chi connectivity index (χ0n) is 55.5. The van der Waals surface area contributed by atoms with Crippen molar-refractivity contribution in [3.8, 4) is 0 Å². The summed E-state index contributed by atoms with van der Waals surface area (Å²) in [5.41, 5.74) is 0. The summed E-state index contributed by atoms with van der Waals surface area (Å²) in [6, 6.07) is 0. The molecule has 0 aliphatic rings. The molecule has 0 spiro atoms. The molecule has 0 bridgehead atoms. The summed E-state index contributed by atoms with van der Waals surface area (Å²) >= 11 is 0. The van der Waals surface area contributed by atoms with Gasteiger partial charge in [0.1, 0.15) is 13.2 Å². The quantitative estimate of drug-likeness (QED) is 0.0261. The normalized spacial score (nSPS) is 12.2. The zero-order valence-corrected chi connectivity index (χ0v) is 55.5. The summed E-state index contributed by atoms with van der Waals surface area (Å²) < 4.78 is 17.0. The second kappa shape index (κ2) is 71.1. The minimum absolute atomic E-state index is 0.0706. The van der Waals surface area contributed by atoms with Crippen LogP contribution in [0.5, 0.6) is 0 Å². The highest BCUT2D eigenvalue weighted by molar-refractivity contribution is 5.71. The second-order valence-corrected chi connectivity index (χ2v) is 25.2. The van der Waals surface area contributed by atoms with Gasteiger partial charge >= 0.3 is 17.9 Å². The van der Waals surface area contributed by atoms with Crippen molar-refractivity contribution >= 4 is 17.9 Å². The molecule has 0 fully saturated rings. The van der Waals surface area contributed by atoms with Gasteiger partial charge in [0.05, 0.1) is 0 Å². The minimum Gasteiger partial charge on any atom is -0.462 e. The van der Waals surface area contributed by atoms with E-state index in [1.807, 2.05) is 0 Å². The summed E-state index contributed by atoms with van der Waals surface area (Å²) in [7, 11) is 0. The molecule has 6 heteroatoms. The fourth-order valence-electron chi connectivity index (χ4n) is 11.3. The van der Waals surface area contributed by atoms with Crippen molar-refractivity contribution in [2.75, 3.05) is 13.2 Å². The van der Waals surface area contributed by atoms with E-state index in [1.165, 1.54) is 295 Å². The van der Waals surface area contributed by atoms with Gasteiger partial charge in [-0.1, -0.05) is 359 Å². The second-order valence-electron chi connectivity index (χ2n) is 25.2. The van der Waals surface area contributed by atoms with Crippen LogP contribution >= 0.6 is 0 Å². The van der Waals surface area contributed by atoms with Crippen LogP contribution in [0, 0.1) is 0 Å². The molecule has 0 aliphatic heterocycles. The lowest BCUT2D eigenvalue weighted by Crippen LogP contribution is -2.30. The van der Waals surface area contributed by atoms with E-state index in [0.717, 1.165) is 77.0 Å². The lowest BCUT2D eigenvalue weighted by atomic mass is 10.0. The predicted molar refractivity (Wildman–Crippen MR) is 358 cm³/mol. The zero-order chi connectivity index (χ0) is 59.2. The molecule has 0 N–H and O–H groups in total. The maximum Gasteiger partial charge on any atom is 0.306 e. The Labute approximate surface area is 512 Å². The first-order valence-electron chi connectivity index (χ1n) is 37.0. The lowest BCUT2D eigenvalue weighted by Gasteiger charge is -2.18. The summed E-state index contributed by atoms with van der Waals surface area (Å²) in [5.74, 6) is -0.855. The Morgan fingerprint density at radius 1 is 0.244 bits per heavy atom. The van der Waals surface area contributed by atoms with Crippen molar-refractivity contribution in [3.05, 3.63) is 36.5 Å². The largest absolute Gasteiger partial charge is 0.462 e. The van der Waals surface area contributed by atoms with E-state index in [9.17, 15) is 14.4 Å².